The van der Waals surface area contributed by atoms with Crippen LogP contribution in [-0.2, 0) is 0 Å². The Labute approximate surface area is 125 Å². The van der Waals surface area contributed by atoms with Crippen molar-refractivity contribution in [2.75, 3.05) is 0 Å². The van der Waals surface area contributed by atoms with Crippen molar-refractivity contribution in [3.63, 3.8) is 0 Å². The molecule has 106 valence electrons. The Bertz CT molecular complexity index is 644. The molecule has 0 amide bonds. The van der Waals surface area contributed by atoms with E-state index < -0.39 is 17.7 Å². The standard InChI is InChI=1S/C15H15BrF2N2/c1-8-3-5-11(16)10(7-8)15(20-19)13-12(17)6-4-9(2)14(13)18/h3-7,15,20H,19H2,1-2H3. The maximum atomic E-state index is 14.3. The molecule has 5 heteroatoms. The molecule has 0 radical (unpaired) electrons. The number of rotatable bonds is 3. The van der Waals surface area contributed by atoms with Gasteiger partial charge in [-0.25, -0.2) is 14.2 Å². The molecule has 2 nitrogen and oxygen atoms in total. The molecule has 0 spiro atoms. The molecule has 0 fully saturated rings. The van der Waals surface area contributed by atoms with Crippen LogP contribution in [0.5, 0.6) is 0 Å². The Balaban J connectivity index is 2.64. The molecular formula is C15H15BrF2N2. The molecule has 1 atom stereocenters. The third-order valence-electron chi connectivity index (χ3n) is 3.24. The van der Waals surface area contributed by atoms with Crippen LogP contribution in [0.1, 0.15) is 28.3 Å². The van der Waals surface area contributed by atoms with Crippen LogP contribution in [0.4, 0.5) is 8.78 Å². The van der Waals surface area contributed by atoms with E-state index in [1.54, 1.807) is 6.92 Å². The molecule has 0 aliphatic heterocycles. The fraction of sp³-hybridized carbons (Fsp3) is 0.200. The van der Waals surface area contributed by atoms with Gasteiger partial charge in [0.05, 0.1) is 6.04 Å². The molecular weight excluding hydrogens is 326 g/mol. The smallest absolute Gasteiger partial charge is 0.134 e. The highest BCUT2D eigenvalue weighted by atomic mass is 79.9. The molecule has 0 saturated carbocycles. The van der Waals surface area contributed by atoms with Gasteiger partial charge in [-0.15, -0.1) is 0 Å². The number of halogens is 3. The van der Waals surface area contributed by atoms with Crippen molar-refractivity contribution in [1.82, 2.24) is 5.43 Å². The highest BCUT2D eigenvalue weighted by molar-refractivity contribution is 9.10. The van der Waals surface area contributed by atoms with Crippen molar-refractivity contribution in [3.8, 4) is 0 Å². The first-order valence-electron chi connectivity index (χ1n) is 6.12. The summed E-state index contributed by atoms with van der Waals surface area (Å²) >= 11 is 3.40. The summed E-state index contributed by atoms with van der Waals surface area (Å²) in [7, 11) is 0. The van der Waals surface area contributed by atoms with Crippen LogP contribution in [0.15, 0.2) is 34.8 Å². The first kappa shape index (κ1) is 15.1. The first-order chi connectivity index (χ1) is 9.45. The predicted molar refractivity (Wildman–Crippen MR) is 79.1 cm³/mol. The highest BCUT2D eigenvalue weighted by Gasteiger charge is 2.24. The van der Waals surface area contributed by atoms with Crippen LogP contribution in [0.3, 0.4) is 0 Å². The molecule has 1 unspecified atom stereocenters. The van der Waals surface area contributed by atoms with E-state index in [-0.39, 0.29) is 5.56 Å². The van der Waals surface area contributed by atoms with Gasteiger partial charge >= 0.3 is 0 Å². The Morgan fingerprint density at radius 2 is 1.85 bits per heavy atom. The minimum atomic E-state index is -0.760. The monoisotopic (exact) mass is 340 g/mol. The van der Waals surface area contributed by atoms with Gasteiger partial charge in [-0.05, 0) is 37.1 Å². The van der Waals surface area contributed by atoms with Crippen molar-refractivity contribution in [3.05, 3.63) is 68.7 Å². The maximum Gasteiger partial charge on any atom is 0.134 e. The Kier molecular flexibility index (Phi) is 4.52. The number of aryl methyl sites for hydroxylation is 2. The van der Waals surface area contributed by atoms with Gasteiger partial charge in [0.2, 0.25) is 0 Å². The van der Waals surface area contributed by atoms with Crippen molar-refractivity contribution in [2.45, 2.75) is 19.9 Å². The quantitative estimate of drug-likeness (QED) is 0.656. The summed E-state index contributed by atoms with van der Waals surface area (Å²) in [5.74, 6) is 4.34. The molecule has 2 rings (SSSR count). The van der Waals surface area contributed by atoms with Crippen LogP contribution in [0, 0.1) is 25.5 Å². The molecule has 0 aromatic heterocycles. The van der Waals surface area contributed by atoms with Crippen LogP contribution in [0.2, 0.25) is 0 Å². The average Bonchev–Trinajstić information content (AvgIpc) is 2.42. The van der Waals surface area contributed by atoms with Gasteiger partial charge in [0.15, 0.2) is 0 Å². The Morgan fingerprint density at radius 1 is 1.15 bits per heavy atom. The molecule has 2 aromatic carbocycles. The lowest BCUT2D eigenvalue weighted by molar-refractivity contribution is 0.506. The lowest BCUT2D eigenvalue weighted by Crippen LogP contribution is -2.31. The summed E-state index contributed by atoms with van der Waals surface area (Å²) in [6, 6.07) is 7.49. The van der Waals surface area contributed by atoms with E-state index in [0.717, 1.165) is 10.0 Å². The molecule has 0 aliphatic rings. The van der Waals surface area contributed by atoms with Gasteiger partial charge in [-0.3, -0.25) is 5.84 Å². The number of nitrogens with two attached hydrogens (primary N) is 1. The minimum Gasteiger partial charge on any atom is -0.271 e. The summed E-state index contributed by atoms with van der Waals surface area (Å²) in [5.41, 5.74) is 4.48. The minimum absolute atomic E-state index is 0.0706. The third-order valence-corrected chi connectivity index (χ3v) is 3.96. The number of hydrazine groups is 1. The van der Waals surface area contributed by atoms with Gasteiger partial charge < -0.3 is 0 Å². The van der Waals surface area contributed by atoms with E-state index in [9.17, 15) is 8.78 Å². The first-order valence-corrected chi connectivity index (χ1v) is 6.91. The van der Waals surface area contributed by atoms with Gasteiger partial charge in [0.25, 0.3) is 0 Å². The second kappa shape index (κ2) is 5.99. The van der Waals surface area contributed by atoms with Crippen molar-refractivity contribution >= 4 is 15.9 Å². The largest absolute Gasteiger partial charge is 0.271 e. The maximum absolute atomic E-state index is 14.3. The normalized spacial score (nSPS) is 12.5. The number of benzene rings is 2. The van der Waals surface area contributed by atoms with Crippen molar-refractivity contribution in [2.24, 2.45) is 5.84 Å². The topological polar surface area (TPSA) is 38.0 Å². The van der Waals surface area contributed by atoms with Crippen molar-refractivity contribution < 1.29 is 8.78 Å². The third kappa shape index (κ3) is 2.75. The van der Waals surface area contributed by atoms with Crippen LogP contribution in [-0.4, -0.2) is 0 Å². The summed E-state index contributed by atoms with van der Waals surface area (Å²) < 4.78 is 29.0. The fourth-order valence-corrected chi connectivity index (χ4v) is 2.63. The predicted octanol–water partition coefficient (Wildman–Crippen LogP) is 3.90. The number of hydrogen-bond donors (Lipinski definition) is 2. The molecule has 0 aliphatic carbocycles. The summed E-state index contributed by atoms with van der Waals surface area (Å²) in [6.45, 7) is 3.50. The van der Waals surface area contributed by atoms with Gasteiger partial charge in [-0.1, -0.05) is 39.7 Å². The molecule has 0 heterocycles. The second-order valence-electron chi connectivity index (χ2n) is 4.72. The molecule has 0 bridgehead atoms. The molecule has 3 N–H and O–H groups in total. The van der Waals surface area contributed by atoms with Crippen molar-refractivity contribution in [1.29, 1.82) is 0 Å². The SMILES string of the molecule is Cc1ccc(Br)c(C(NN)c2c(F)ccc(C)c2F)c1. The molecule has 0 saturated heterocycles. The van der Waals surface area contributed by atoms with Crippen LogP contribution >= 0.6 is 15.9 Å². The van der Waals surface area contributed by atoms with Crippen LogP contribution < -0.4 is 11.3 Å². The zero-order valence-corrected chi connectivity index (χ0v) is 12.8. The summed E-state index contributed by atoms with van der Waals surface area (Å²) in [5, 5.41) is 0. The molecule has 2 aromatic rings. The number of nitrogens with one attached hydrogen (secondary N) is 1. The van der Waals surface area contributed by atoms with E-state index in [0.29, 0.717) is 11.1 Å². The Hall–Kier alpha value is -1.30. The second-order valence-corrected chi connectivity index (χ2v) is 5.57. The highest BCUT2D eigenvalue weighted by Crippen LogP contribution is 2.32. The Morgan fingerprint density at radius 3 is 2.50 bits per heavy atom. The van der Waals surface area contributed by atoms with E-state index >= 15 is 0 Å². The van der Waals surface area contributed by atoms with E-state index in [1.165, 1.54) is 12.1 Å². The average molecular weight is 341 g/mol. The van der Waals surface area contributed by atoms with E-state index in [1.807, 2.05) is 25.1 Å². The van der Waals surface area contributed by atoms with Crippen LogP contribution in [0.25, 0.3) is 0 Å². The number of hydrogen-bond acceptors (Lipinski definition) is 2. The fourth-order valence-electron chi connectivity index (χ4n) is 2.16. The zero-order valence-electron chi connectivity index (χ0n) is 11.2. The van der Waals surface area contributed by atoms with Gasteiger partial charge in [-0.2, -0.15) is 0 Å². The zero-order chi connectivity index (χ0) is 14.9. The molecule has 20 heavy (non-hydrogen) atoms. The van der Waals surface area contributed by atoms with Gasteiger partial charge in [0.1, 0.15) is 11.6 Å². The van der Waals surface area contributed by atoms with E-state index in [4.69, 9.17) is 5.84 Å². The van der Waals surface area contributed by atoms with Gasteiger partial charge in [0, 0.05) is 10.0 Å². The summed E-state index contributed by atoms with van der Waals surface area (Å²) in [4.78, 5) is 0. The lowest BCUT2D eigenvalue weighted by atomic mass is 9.95. The summed E-state index contributed by atoms with van der Waals surface area (Å²) in [6.07, 6.45) is 0. The lowest BCUT2D eigenvalue weighted by Gasteiger charge is -2.21. The van der Waals surface area contributed by atoms with E-state index in [2.05, 4.69) is 21.4 Å².